The van der Waals surface area contributed by atoms with Crippen molar-refractivity contribution in [3.63, 3.8) is 0 Å². The van der Waals surface area contributed by atoms with Crippen LogP contribution in [0.4, 0.5) is 9.18 Å². The third kappa shape index (κ3) is 6.14. The molecule has 8 atom stereocenters. The molecule has 0 aliphatic heterocycles. The van der Waals surface area contributed by atoms with Crippen molar-refractivity contribution in [1.82, 2.24) is 10.7 Å². The number of hydrogen-bond donors (Lipinski definition) is 6. The zero-order chi connectivity index (χ0) is 33.4. The summed E-state index contributed by atoms with van der Waals surface area (Å²) < 4.78 is 26.9. The second-order valence-corrected chi connectivity index (χ2v) is 12.6. The van der Waals surface area contributed by atoms with Crippen LogP contribution in [0.15, 0.2) is 23.8 Å². The lowest BCUT2D eigenvalue weighted by molar-refractivity contribution is -0.492. The SMILES string of the molecule is C[C@]12C=CC(=O)C=C1CC[C@H]1C3CCC(O)(C(=O)COC(=O)NC(COC(=O)CCCON(O)O)C(=O)O)[C@@]3(C)C[C@H](O)C12F. The number of allylic oxidation sites excluding steroid dienone is 4. The molecular formula is C29H39FN2O13. The highest BCUT2D eigenvalue weighted by Gasteiger charge is 2.74. The maximum Gasteiger partial charge on any atom is 0.408 e. The number of aliphatic hydroxyl groups is 2. The number of aliphatic carboxylic acids is 1. The lowest BCUT2D eigenvalue weighted by atomic mass is 9.44. The number of rotatable bonds is 12. The first kappa shape index (κ1) is 34.6. The molecule has 0 radical (unpaired) electrons. The Morgan fingerprint density at radius 1 is 1.16 bits per heavy atom. The van der Waals surface area contributed by atoms with Gasteiger partial charge in [-0.1, -0.05) is 18.6 Å². The number of carboxylic acid groups (broad SMARTS) is 1. The van der Waals surface area contributed by atoms with Crippen molar-refractivity contribution >= 4 is 29.6 Å². The first-order valence-corrected chi connectivity index (χ1v) is 14.7. The largest absolute Gasteiger partial charge is 0.480 e. The minimum absolute atomic E-state index is 0.00794. The zero-order valence-corrected chi connectivity index (χ0v) is 24.9. The van der Waals surface area contributed by atoms with E-state index in [1.807, 2.05) is 5.32 Å². The van der Waals surface area contributed by atoms with E-state index in [0.29, 0.717) is 18.4 Å². The number of alkyl carbamates (subject to hydrolysis) is 1. The number of fused-ring (bicyclic) bond motifs is 5. The summed E-state index contributed by atoms with van der Waals surface area (Å²) in [5, 5.41) is 50.7. The number of amides is 1. The van der Waals surface area contributed by atoms with Crippen molar-refractivity contribution in [3.8, 4) is 0 Å². The Kier molecular flexibility index (Phi) is 9.87. The number of nitrogens with one attached hydrogen (secondary N) is 1. The van der Waals surface area contributed by atoms with Crippen LogP contribution in [0, 0.1) is 22.7 Å². The van der Waals surface area contributed by atoms with Crippen LogP contribution in [-0.2, 0) is 33.5 Å². The molecule has 6 N–H and O–H groups in total. The number of carbonyl (C=O) groups is 5. The van der Waals surface area contributed by atoms with Gasteiger partial charge in [0.25, 0.3) is 0 Å². The summed E-state index contributed by atoms with van der Waals surface area (Å²) in [7, 11) is 0. The zero-order valence-electron chi connectivity index (χ0n) is 24.9. The Bertz CT molecular complexity index is 1290. The fraction of sp³-hybridized carbons (Fsp3) is 0.690. The van der Waals surface area contributed by atoms with Gasteiger partial charge in [-0.05, 0) is 63.5 Å². The second kappa shape index (κ2) is 12.8. The fourth-order valence-corrected chi connectivity index (χ4v) is 7.89. The van der Waals surface area contributed by atoms with Crippen LogP contribution < -0.4 is 5.32 Å². The van der Waals surface area contributed by atoms with Crippen LogP contribution in [0.1, 0.15) is 58.8 Å². The van der Waals surface area contributed by atoms with Crippen LogP contribution in [0.3, 0.4) is 0 Å². The number of carbonyl (C=O) groups excluding carboxylic acids is 4. The number of alkyl halides is 1. The van der Waals surface area contributed by atoms with E-state index >= 15 is 4.39 Å². The van der Waals surface area contributed by atoms with Crippen molar-refractivity contribution < 1.29 is 68.4 Å². The highest BCUT2D eigenvalue weighted by molar-refractivity contribution is 6.01. The van der Waals surface area contributed by atoms with Gasteiger partial charge in [-0.2, -0.15) is 0 Å². The number of hydrogen-bond acceptors (Lipinski definition) is 13. The van der Waals surface area contributed by atoms with E-state index < -0.39 is 88.5 Å². The predicted molar refractivity (Wildman–Crippen MR) is 146 cm³/mol. The number of ketones is 2. The minimum atomic E-state index is -2.15. The molecule has 4 aliphatic rings. The summed E-state index contributed by atoms with van der Waals surface area (Å²) >= 11 is 0. The number of carboxylic acids is 1. The number of halogens is 1. The summed E-state index contributed by atoms with van der Waals surface area (Å²) in [6, 6.07) is -1.74. The molecule has 4 rings (SSSR count). The van der Waals surface area contributed by atoms with Crippen molar-refractivity contribution in [2.75, 3.05) is 19.8 Å². The van der Waals surface area contributed by atoms with E-state index in [9.17, 15) is 39.3 Å². The molecule has 1 amide bonds. The molecule has 45 heavy (non-hydrogen) atoms. The molecule has 0 aromatic rings. The van der Waals surface area contributed by atoms with Crippen LogP contribution in [0.5, 0.6) is 0 Å². The molecule has 0 saturated heterocycles. The van der Waals surface area contributed by atoms with Crippen molar-refractivity contribution in [3.05, 3.63) is 23.8 Å². The van der Waals surface area contributed by atoms with Gasteiger partial charge in [-0.25, -0.2) is 14.0 Å². The standard InChI is InChI=1S/C29H39FN2O13/c1-26-9-7-17(33)12-16(26)5-6-19-18-8-10-28(40,27(18,2)13-21(34)29(19,26)30)22(35)15-44-25(39)31-20(24(37)38)14-43-23(36)4-3-11-45-32(41)42/h7,9,12,18-21,34,40-42H,3-6,8,10-11,13-15H2,1-2H3,(H,31,39)(H,37,38)/t18?,19-,20?,21-,26-,27-,28?,29?/m0/s1. The van der Waals surface area contributed by atoms with E-state index in [-0.39, 0.29) is 44.5 Å². The third-order valence-electron chi connectivity index (χ3n) is 10.3. The Morgan fingerprint density at radius 3 is 2.53 bits per heavy atom. The van der Waals surface area contributed by atoms with Gasteiger partial charge >= 0.3 is 18.0 Å². The molecule has 0 heterocycles. The van der Waals surface area contributed by atoms with Gasteiger partial charge < -0.3 is 30.1 Å². The van der Waals surface area contributed by atoms with Gasteiger partial charge in [0.05, 0.1) is 18.1 Å². The Morgan fingerprint density at radius 2 is 1.87 bits per heavy atom. The maximum atomic E-state index is 17.2. The Balaban J connectivity index is 1.36. The van der Waals surface area contributed by atoms with Gasteiger partial charge in [0.15, 0.2) is 24.1 Å². The highest BCUT2D eigenvalue weighted by Crippen LogP contribution is 2.69. The van der Waals surface area contributed by atoms with E-state index in [1.165, 1.54) is 18.2 Å². The van der Waals surface area contributed by atoms with E-state index in [0.717, 1.165) is 0 Å². The number of esters is 1. The van der Waals surface area contributed by atoms with Crippen molar-refractivity contribution in [1.29, 1.82) is 0 Å². The molecule has 15 nitrogen and oxygen atoms in total. The van der Waals surface area contributed by atoms with Crippen molar-refractivity contribution in [2.45, 2.75) is 82.2 Å². The van der Waals surface area contributed by atoms with Crippen LogP contribution in [-0.4, -0.2) is 104 Å². The summed E-state index contributed by atoms with van der Waals surface area (Å²) in [6.45, 7) is 1.30. The number of nitrogens with zero attached hydrogens (tertiary/aromatic N) is 1. The molecule has 250 valence electrons. The molecule has 3 saturated carbocycles. The first-order chi connectivity index (χ1) is 21.0. The minimum Gasteiger partial charge on any atom is -0.480 e. The van der Waals surface area contributed by atoms with E-state index in [1.54, 1.807) is 13.8 Å². The normalized spacial score (nSPS) is 35.9. The molecule has 0 bridgehead atoms. The monoisotopic (exact) mass is 642 g/mol. The highest BCUT2D eigenvalue weighted by atomic mass is 19.1. The molecular weight excluding hydrogens is 603 g/mol. The van der Waals surface area contributed by atoms with Crippen LogP contribution in [0.2, 0.25) is 0 Å². The summed E-state index contributed by atoms with van der Waals surface area (Å²) in [6.07, 6.45) is 1.70. The molecule has 4 aliphatic carbocycles. The molecule has 4 unspecified atom stereocenters. The maximum absolute atomic E-state index is 17.2. The van der Waals surface area contributed by atoms with Gasteiger partial charge in [-0.3, -0.25) is 29.6 Å². The average molecular weight is 643 g/mol. The molecule has 16 heteroatoms. The smallest absolute Gasteiger partial charge is 0.408 e. The molecule has 0 aromatic heterocycles. The van der Waals surface area contributed by atoms with E-state index in [2.05, 4.69) is 4.84 Å². The molecule has 0 aromatic carbocycles. The number of aliphatic hydroxyl groups excluding tert-OH is 1. The van der Waals surface area contributed by atoms with Gasteiger partial charge in [0.1, 0.15) is 12.2 Å². The Hall–Kier alpha value is -3.28. The predicted octanol–water partition coefficient (Wildman–Crippen LogP) is 1.17. The van der Waals surface area contributed by atoms with Gasteiger partial charge in [-0.15, -0.1) is 0 Å². The summed E-state index contributed by atoms with van der Waals surface area (Å²) in [5.41, 5.74) is -6.13. The lowest BCUT2D eigenvalue weighted by Gasteiger charge is -2.62. The molecule has 3 fully saturated rings. The van der Waals surface area contributed by atoms with Gasteiger partial charge in [0, 0.05) is 23.2 Å². The first-order valence-electron chi connectivity index (χ1n) is 14.7. The lowest BCUT2D eigenvalue weighted by Crippen LogP contribution is -2.69. The topological polar surface area (TPSA) is 229 Å². The second-order valence-electron chi connectivity index (χ2n) is 12.6. The van der Waals surface area contributed by atoms with Crippen LogP contribution in [0.25, 0.3) is 0 Å². The molecule has 0 spiro atoms. The van der Waals surface area contributed by atoms with Gasteiger partial charge in [0.2, 0.25) is 5.78 Å². The fourth-order valence-electron chi connectivity index (χ4n) is 7.89. The quantitative estimate of drug-likeness (QED) is 0.0998. The van der Waals surface area contributed by atoms with Crippen molar-refractivity contribution in [2.24, 2.45) is 22.7 Å². The average Bonchev–Trinajstić information content (AvgIpc) is 3.23. The summed E-state index contributed by atoms with van der Waals surface area (Å²) in [4.78, 5) is 65.4. The summed E-state index contributed by atoms with van der Waals surface area (Å²) in [5.74, 6) is -4.82. The third-order valence-corrected chi connectivity index (χ3v) is 10.3. The Labute approximate surface area is 257 Å². The van der Waals surface area contributed by atoms with E-state index in [4.69, 9.17) is 19.9 Å². The number of ether oxygens (including phenoxy) is 2. The van der Waals surface area contributed by atoms with Crippen LogP contribution >= 0.6 is 0 Å². The number of Topliss-reactive ketones (excluding diaryl/α,β-unsaturated/α-hetero) is 1.